The van der Waals surface area contributed by atoms with Crippen LogP contribution in [0.2, 0.25) is 5.02 Å². The number of benzene rings is 1. The summed E-state index contributed by atoms with van der Waals surface area (Å²) in [7, 11) is 0. The second kappa shape index (κ2) is 7.92. The summed E-state index contributed by atoms with van der Waals surface area (Å²) in [5.74, 6) is 0.904. The molecule has 2 rings (SSSR count). The molecule has 0 aliphatic rings. The first kappa shape index (κ1) is 14.9. The number of halogens is 1. The van der Waals surface area contributed by atoms with Crippen molar-refractivity contribution < 1.29 is 4.79 Å². The van der Waals surface area contributed by atoms with Crippen molar-refractivity contribution in [3.8, 4) is 0 Å². The second-order valence-corrected chi connectivity index (χ2v) is 5.75. The minimum absolute atomic E-state index is 0.0597. The van der Waals surface area contributed by atoms with Crippen molar-refractivity contribution in [1.82, 2.24) is 10.3 Å². The number of carbonyl (C=O) groups excluding carboxylic acids is 1. The van der Waals surface area contributed by atoms with Crippen LogP contribution in [0, 0.1) is 0 Å². The van der Waals surface area contributed by atoms with Crippen LogP contribution >= 0.6 is 23.4 Å². The van der Waals surface area contributed by atoms with E-state index in [1.54, 1.807) is 48.4 Å². The van der Waals surface area contributed by atoms with Gasteiger partial charge in [-0.2, -0.15) is 0 Å². The maximum atomic E-state index is 11.8. The molecule has 20 heavy (non-hydrogen) atoms. The van der Waals surface area contributed by atoms with Crippen molar-refractivity contribution in [2.24, 2.45) is 0 Å². The molecule has 1 N–H and O–H groups in total. The van der Waals surface area contributed by atoms with Gasteiger partial charge in [-0.05, 0) is 48.6 Å². The van der Waals surface area contributed by atoms with Gasteiger partial charge in [0.15, 0.2) is 0 Å². The molecule has 1 aromatic heterocycles. The van der Waals surface area contributed by atoms with Crippen LogP contribution in [-0.4, -0.2) is 23.2 Å². The highest BCUT2D eigenvalue weighted by atomic mass is 35.5. The Bertz CT molecular complexity index is 546. The van der Waals surface area contributed by atoms with Crippen LogP contribution in [0.25, 0.3) is 0 Å². The molecule has 1 heterocycles. The normalized spacial score (nSPS) is 10.2. The van der Waals surface area contributed by atoms with Gasteiger partial charge in [0.1, 0.15) is 0 Å². The average molecular weight is 307 g/mol. The summed E-state index contributed by atoms with van der Waals surface area (Å²) < 4.78 is 0. The predicted octanol–water partition coefficient (Wildman–Crippen LogP) is 3.65. The molecule has 0 saturated carbocycles. The lowest BCUT2D eigenvalue weighted by Crippen LogP contribution is -2.24. The largest absolute Gasteiger partial charge is 0.352 e. The molecule has 0 aliphatic carbocycles. The van der Waals surface area contributed by atoms with Crippen molar-refractivity contribution in [2.75, 3.05) is 12.3 Å². The number of carbonyl (C=O) groups is 1. The Labute approximate surface area is 127 Å². The van der Waals surface area contributed by atoms with Gasteiger partial charge < -0.3 is 5.32 Å². The van der Waals surface area contributed by atoms with Gasteiger partial charge in [-0.1, -0.05) is 11.6 Å². The van der Waals surface area contributed by atoms with E-state index in [0.29, 0.717) is 17.1 Å². The Morgan fingerprint density at radius 2 is 1.85 bits per heavy atom. The summed E-state index contributed by atoms with van der Waals surface area (Å²) in [4.78, 5) is 17.0. The molecule has 0 radical (unpaired) electrons. The molecule has 1 amide bonds. The molecule has 1 aromatic carbocycles. The van der Waals surface area contributed by atoms with Crippen molar-refractivity contribution >= 4 is 29.3 Å². The van der Waals surface area contributed by atoms with Crippen LogP contribution < -0.4 is 5.32 Å². The minimum Gasteiger partial charge on any atom is -0.352 e. The number of nitrogens with zero attached hydrogens (tertiary/aromatic N) is 1. The van der Waals surface area contributed by atoms with Crippen LogP contribution in [0.15, 0.2) is 53.7 Å². The lowest BCUT2D eigenvalue weighted by Gasteiger charge is -2.05. The zero-order chi connectivity index (χ0) is 14.2. The Hall–Kier alpha value is -1.52. The Balaban J connectivity index is 1.66. The molecule has 104 valence electrons. The molecule has 5 heteroatoms. The summed E-state index contributed by atoms with van der Waals surface area (Å²) in [6.45, 7) is 0.666. The summed E-state index contributed by atoms with van der Waals surface area (Å²) in [5.41, 5.74) is 0.635. The Morgan fingerprint density at radius 3 is 2.55 bits per heavy atom. The summed E-state index contributed by atoms with van der Waals surface area (Å²) in [6.07, 6.45) is 4.49. The van der Waals surface area contributed by atoms with E-state index >= 15 is 0 Å². The van der Waals surface area contributed by atoms with E-state index in [0.717, 1.165) is 12.2 Å². The van der Waals surface area contributed by atoms with Gasteiger partial charge in [0, 0.05) is 34.4 Å². The van der Waals surface area contributed by atoms with Crippen LogP contribution in [0.3, 0.4) is 0 Å². The van der Waals surface area contributed by atoms with Gasteiger partial charge in [0.2, 0.25) is 0 Å². The number of amides is 1. The van der Waals surface area contributed by atoms with Crippen LogP contribution in [0.4, 0.5) is 0 Å². The predicted molar refractivity (Wildman–Crippen MR) is 83.4 cm³/mol. The Morgan fingerprint density at radius 1 is 1.15 bits per heavy atom. The maximum absolute atomic E-state index is 11.8. The molecule has 0 unspecified atom stereocenters. The van der Waals surface area contributed by atoms with E-state index in [2.05, 4.69) is 10.3 Å². The lowest BCUT2D eigenvalue weighted by molar-refractivity contribution is 0.0954. The highest BCUT2D eigenvalue weighted by Gasteiger charge is 2.03. The highest BCUT2D eigenvalue weighted by Crippen LogP contribution is 2.16. The third-order valence-corrected chi connectivity index (χ3v) is 3.98. The quantitative estimate of drug-likeness (QED) is 0.654. The smallest absolute Gasteiger partial charge is 0.251 e. The fourth-order valence-corrected chi connectivity index (χ4v) is 2.57. The zero-order valence-electron chi connectivity index (χ0n) is 10.9. The molecule has 2 aromatic rings. The van der Waals surface area contributed by atoms with E-state index in [1.165, 1.54) is 4.90 Å². The van der Waals surface area contributed by atoms with Gasteiger partial charge >= 0.3 is 0 Å². The first-order valence-electron chi connectivity index (χ1n) is 6.32. The van der Waals surface area contributed by atoms with E-state index < -0.39 is 0 Å². The molecule has 0 atom stereocenters. The number of thioether (sulfide) groups is 1. The molecule has 0 bridgehead atoms. The molecular formula is C15H15ClN2OS. The van der Waals surface area contributed by atoms with Crippen LogP contribution in [0.1, 0.15) is 16.8 Å². The van der Waals surface area contributed by atoms with E-state index in [4.69, 9.17) is 11.6 Å². The molecule has 3 nitrogen and oxygen atoms in total. The average Bonchev–Trinajstić information content (AvgIpc) is 2.48. The van der Waals surface area contributed by atoms with Crippen molar-refractivity contribution in [3.05, 3.63) is 59.4 Å². The maximum Gasteiger partial charge on any atom is 0.251 e. The molecule has 0 fully saturated rings. The van der Waals surface area contributed by atoms with E-state index in [-0.39, 0.29) is 5.91 Å². The standard InChI is InChI=1S/C15H15ClN2OS/c16-13-4-2-12(3-5-13)15(19)18-8-1-11-20-14-6-9-17-10-7-14/h2-7,9-10H,1,8,11H2,(H,18,19). The third kappa shape index (κ3) is 4.87. The molecule has 0 saturated heterocycles. The number of hydrogen-bond donors (Lipinski definition) is 1. The SMILES string of the molecule is O=C(NCCCSc1ccncc1)c1ccc(Cl)cc1. The van der Waals surface area contributed by atoms with Gasteiger partial charge in [0.05, 0.1) is 0 Å². The zero-order valence-corrected chi connectivity index (χ0v) is 12.5. The van der Waals surface area contributed by atoms with E-state index in [1.807, 2.05) is 12.1 Å². The highest BCUT2D eigenvalue weighted by molar-refractivity contribution is 7.99. The number of aromatic nitrogens is 1. The fraction of sp³-hybridized carbons (Fsp3) is 0.200. The molecule has 0 spiro atoms. The lowest BCUT2D eigenvalue weighted by atomic mass is 10.2. The number of hydrogen-bond acceptors (Lipinski definition) is 3. The summed E-state index contributed by atoms with van der Waals surface area (Å²) in [5, 5.41) is 3.53. The third-order valence-electron chi connectivity index (χ3n) is 2.63. The van der Waals surface area contributed by atoms with Crippen molar-refractivity contribution in [2.45, 2.75) is 11.3 Å². The van der Waals surface area contributed by atoms with Crippen LogP contribution in [-0.2, 0) is 0 Å². The Kier molecular flexibility index (Phi) is 5.89. The number of nitrogens with one attached hydrogen (secondary N) is 1. The molecular weight excluding hydrogens is 292 g/mol. The first-order chi connectivity index (χ1) is 9.75. The van der Waals surface area contributed by atoms with Crippen molar-refractivity contribution in [1.29, 1.82) is 0 Å². The fourth-order valence-electron chi connectivity index (χ4n) is 1.60. The van der Waals surface area contributed by atoms with Gasteiger partial charge in [-0.3, -0.25) is 9.78 Å². The van der Waals surface area contributed by atoms with Gasteiger partial charge in [-0.15, -0.1) is 11.8 Å². The van der Waals surface area contributed by atoms with E-state index in [9.17, 15) is 4.79 Å². The van der Waals surface area contributed by atoms with Gasteiger partial charge in [0.25, 0.3) is 5.91 Å². The van der Waals surface area contributed by atoms with Gasteiger partial charge in [-0.25, -0.2) is 0 Å². The minimum atomic E-state index is -0.0597. The molecule has 0 aliphatic heterocycles. The topological polar surface area (TPSA) is 42.0 Å². The number of rotatable bonds is 6. The van der Waals surface area contributed by atoms with Crippen LogP contribution in [0.5, 0.6) is 0 Å². The van der Waals surface area contributed by atoms with Crippen molar-refractivity contribution in [3.63, 3.8) is 0 Å². The second-order valence-electron chi connectivity index (χ2n) is 4.15. The monoisotopic (exact) mass is 306 g/mol. The first-order valence-corrected chi connectivity index (χ1v) is 7.68. The number of pyridine rings is 1. The summed E-state index contributed by atoms with van der Waals surface area (Å²) in [6, 6.07) is 10.9. The summed E-state index contributed by atoms with van der Waals surface area (Å²) >= 11 is 7.54.